The lowest BCUT2D eigenvalue weighted by Crippen LogP contribution is -2.43. The van der Waals surface area contributed by atoms with Gasteiger partial charge in [-0.2, -0.15) is 0 Å². The Morgan fingerprint density at radius 3 is 2.70 bits per heavy atom. The molecule has 1 atom stereocenters. The van der Waals surface area contributed by atoms with Crippen molar-refractivity contribution in [1.29, 1.82) is 0 Å². The van der Waals surface area contributed by atoms with Crippen molar-refractivity contribution in [2.45, 2.75) is 31.7 Å². The average molecular weight is 423 g/mol. The van der Waals surface area contributed by atoms with Gasteiger partial charge in [0.15, 0.2) is 0 Å². The highest BCUT2D eigenvalue weighted by molar-refractivity contribution is 7.21. The van der Waals surface area contributed by atoms with E-state index in [1.807, 2.05) is 11.0 Å². The van der Waals surface area contributed by atoms with Crippen molar-refractivity contribution >= 4 is 33.3 Å². The fourth-order valence-corrected chi connectivity index (χ4v) is 5.74. The molecule has 2 fully saturated rings. The fourth-order valence-electron chi connectivity index (χ4n) is 4.54. The van der Waals surface area contributed by atoms with Gasteiger partial charge < -0.3 is 14.5 Å². The molecule has 2 saturated heterocycles. The minimum Gasteiger partial charge on any atom is -0.378 e. The van der Waals surface area contributed by atoms with E-state index < -0.39 is 0 Å². The predicted octanol–water partition coefficient (Wildman–Crippen LogP) is 3.77. The van der Waals surface area contributed by atoms with Crippen LogP contribution in [0.2, 0.25) is 0 Å². The second-order valence-electron chi connectivity index (χ2n) is 7.91. The van der Waals surface area contributed by atoms with Gasteiger partial charge in [0, 0.05) is 42.8 Å². The lowest BCUT2D eigenvalue weighted by atomic mass is 9.94. The van der Waals surface area contributed by atoms with E-state index in [-0.39, 0.29) is 5.91 Å². The van der Waals surface area contributed by atoms with Crippen molar-refractivity contribution in [2.24, 2.45) is 0 Å². The zero-order valence-corrected chi connectivity index (χ0v) is 17.8. The second kappa shape index (κ2) is 8.70. The maximum absolute atomic E-state index is 13.4. The molecule has 1 amide bonds. The molecule has 2 aliphatic heterocycles. The summed E-state index contributed by atoms with van der Waals surface area (Å²) in [6, 6.07) is 10.6. The van der Waals surface area contributed by atoms with Crippen LogP contribution in [0.3, 0.4) is 0 Å². The summed E-state index contributed by atoms with van der Waals surface area (Å²) in [5, 5.41) is 1.21. The van der Waals surface area contributed by atoms with Gasteiger partial charge in [0.05, 0.1) is 18.1 Å². The molecule has 4 heterocycles. The number of rotatable bonds is 4. The van der Waals surface area contributed by atoms with Gasteiger partial charge in [0.1, 0.15) is 0 Å². The monoisotopic (exact) mass is 422 g/mol. The normalized spacial score (nSPS) is 19.9. The lowest BCUT2D eigenvalue weighted by Gasteiger charge is -2.36. The Morgan fingerprint density at radius 2 is 1.87 bits per heavy atom. The zero-order valence-electron chi connectivity index (χ0n) is 17.0. The molecule has 0 saturated carbocycles. The van der Waals surface area contributed by atoms with Gasteiger partial charge in [0.25, 0.3) is 5.91 Å². The van der Waals surface area contributed by atoms with Crippen LogP contribution in [0.15, 0.2) is 42.7 Å². The first kappa shape index (κ1) is 19.5. The number of morpholine rings is 1. The van der Waals surface area contributed by atoms with Crippen molar-refractivity contribution < 1.29 is 9.53 Å². The summed E-state index contributed by atoms with van der Waals surface area (Å²) in [5.74, 6) is 0.940. The number of hydrogen-bond donors (Lipinski definition) is 0. The molecule has 0 spiro atoms. The summed E-state index contributed by atoms with van der Waals surface area (Å²) in [4.78, 5) is 27.6. The number of thiophene rings is 1. The fraction of sp³-hybridized carbons (Fsp3) is 0.435. The summed E-state index contributed by atoms with van der Waals surface area (Å²) in [6.07, 6.45) is 7.89. The second-order valence-corrected chi connectivity index (χ2v) is 8.96. The van der Waals surface area contributed by atoms with E-state index in [9.17, 15) is 4.79 Å². The van der Waals surface area contributed by atoms with Crippen LogP contribution in [0.25, 0.3) is 10.1 Å². The van der Waals surface area contributed by atoms with E-state index in [1.54, 1.807) is 23.7 Å². The summed E-state index contributed by atoms with van der Waals surface area (Å²) in [5.41, 5.74) is 1.18. The zero-order chi connectivity index (χ0) is 20.3. The third-order valence-corrected chi connectivity index (χ3v) is 7.27. The summed E-state index contributed by atoms with van der Waals surface area (Å²) < 4.78 is 6.63. The number of fused-ring (bicyclic) bond motifs is 1. The minimum atomic E-state index is 0.146. The van der Waals surface area contributed by atoms with Gasteiger partial charge in [-0.25, -0.2) is 9.97 Å². The summed E-state index contributed by atoms with van der Waals surface area (Å²) >= 11 is 1.63. The molecule has 1 aromatic carbocycles. The molecule has 5 rings (SSSR count). The summed E-state index contributed by atoms with van der Waals surface area (Å²) in [7, 11) is 0. The number of piperidine rings is 1. The van der Waals surface area contributed by atoms with E-state index in [4.69, 9.17) is 4.74 Å². The molecule has 156 valence electrons. The first-order valence-electron chi connectivity index (χ1n) is 10.7. The van der Waals surface area contributed by atoms with Crippen LogP contribution in [-0.4, -0.2) is 59.7 Å². The van der Waals surface area contributed by atoms with Crippen LogP contribution in [0, 0.1) is 0 Å². The highest BCUT2D eigenvalue weighted by Gasteiger charge is 2.30. The van der Waals surface area contributed by atoms with Crippen molar-refractivity contribution in [3.05, 3.63) is 53.2 Å². The number of benzene rings is 1. The first-order chi connectivity index (χ1) is 14.8. The average Bonchev–Trinajstić information content (AvgIpc) is 3.18. The third-order valence-electron chi connectivity index (χ3n) is 6.07. The van der Waals surface area contributed by atoms with Gasteiger partial charge in [0.2, 0.25) is 5.95 Å². The number of aromatic nitrogens is 2. The predicted molar refractivity (Wildman–Crippen MR) is 119 cm³/mol. The lowest BCUT2D eigenvalue weighted by molar-refractivity contribution is 0.0305. The van der Waals surface area contributed by atoms with Gasteiger partial charge in [-0.15, -0.1) is 11.3 Å². The van der Waals surface area contributed by atoms with E-state index >= 15 is 0 Å². The number of nitrogens with zero attached hydrogens (tertiary/aromatic N) is 4. The number of carbonyl (C=O) groups is 1. The Labute approximate surface area is 180 Å². The van der Waals surface area contributed by atoms with E-state index in [2.05, 4.69) is 39.1 Å². The Morgan fingerprint density at radius 1 is 1.07 bits per heavy atom. The molecule has 7 heteroatoms. The van der Waals surface area contributed by atoms with Crippen molar-refractivity contribution in [2.75, 3.05) is 37.7 Å². The van der Waals surface area contributed by atoms with Crippen LogP contribution < -0.4 is 4.90 Å². The van der Waals surface area contributed by atoms with E-state index in [1.165, 1.54) is 22.1 Å². The van der Waals surface area contributed by atoms with Crippen LogP contribution in [-0.2, 0) is 11.2 Å². The Bertz CT molecular complexity index is 1020. The quantitative estimate of drug-likeness (QED) is 0.641. The van der Waals surface area contributed by atoms with Crippen molar-refractivity contribution in [3.8, 4) is 0 Å². The smallest absolute Gasteiger partial charge is 0.264 e. The largest absolute Gasteiger partial charge is 0.378 e. The van der Waals surface area contributed by atoms with Crippen LogP contribution in [0.1, 0.15) is 34.5 Å². The molecule has 0 N–H and O–H groups in total. The van der Waals surface area contributed by atoms with Crippen LogP contribution >= 0.6 is 11.3 Å². The number of anilines is 1. The Kier molecular flexibility index (Phi) is 5.64. The molecule has 0 aliphatic carbocycles. The highest BCUT2D eigenvalue weighted by atomic mass is 32.1. The molecule has 0 unspecified atom stereocenters. The molecule has 30 heavy (non-hydrogen) atoms. The van der Waals surface area contributed by atoms with Gasteiger partial charge in [-0.05, 0) is 48.8 Å². The highest BCUT2D eigenvalue weighted by Crippen LogP contribution is 2.35. The number of ether oxygens (including phenoxy) is 1. The molecule has 0 bridgehead atoms. The molecule has 2 aromatic heterocycles. The molecule has 3 aromatic rings. The van der Waals surface area contributed by atoms with Gasteiger partial charge >= 0.3 is 0 Å². The molecule has 6 nitrogen and oxygen atoms in total. The van der Waals surface area contributed by atoms with Gasteiger partial charge in [-0.3, -0.25) is 4.79 Å². The molecular formula is C23H26N4O2S. The number of carbonyl (C=O) groups excluding carboxylic acids is 1. The maximum Gasteiger partial charge on any atom is 0.264 e. The van der Waals surface area contributed by atoms with E-state index in [0.29, 0.717) is 32.3 Å². The Balaban J connectivity index is 1.50. The molecular weight excluding hydrogens is 396 g/mol. The first-order valence-corrected chi connectivity index (χ1v) is 11.5. The summed E-state index contributed by atoms with van der Waals surface area (Å²) in [6.45, 7) is 3.53. The number of hydrogen-bond acceptors (Lipinski definition) is 6. The third kappa shape index (κ3) is 3.79. The Hall–Kier alpha value is -2.51. The molecule has 2 aliphatic rings. The maximum atomic E-state index is 13.4. The van der Waals surface area contributed by atoms with Crippen LogP contribution in [0.4, 0.5) is 5.95 Å². The van der Waals surface area contributed by atoms with Crippen LogP contribution in [0.5, 0.6) is 0 Å². The topological polar surface area (TPSA) is 58.6 Å². The standard InChI is InChI=1S/C23H26N4O2S/c28-22(26-12-14-29-15-13-26)21-19(18-7-1-2-8-20(18)30-21)16-17-6-3-4-11-27(17)23-24-9-5-10-25-23/h1-2,5,7-10,17H,3-4,6,11-16H2/t17-/m0/s1. The molecule has 0 radical (unpaired) electrons. The van der Waals surface area contributed by atoms with Crippen molar-refractivity contribution in [3.63, 3.8) is 0 Å². The van der Waals surface area contributed by atoms with Gasteiger partial charge in [-0.1, -0.05) is 18.2 Å². The van der Waals surface area contributed by atoms with E-state index in [0.717, 1.165) is 36.6 Å². The van der Waals surface area contributed by atoms with Crippen molar-refractivity contribution in [1.82, 2.24) is 14.9 Å². The SMILES string of the molecule is O=C(c1sc2ccccc2c1C[C@@H]1CCCCN1c1ncccn1)N1CCOCC1. The minimum absolute atomic E-state index is 0.146. The number of amides is 1.